The van der Waals surface area contributed by atoms with Crippen molar-refractivity contribution in [3.8, 4) is 46.3 Å². The minimum Gasteiger partial charge on any atom is -0.508 e. The number of phenolic OH excluding ortho intramolecular Hbond substituents is 4. The molecule has 0 bridgehead atoms. The van der Waals surface area contributed by atoms with Crippen molar-refractivity contribution in [2.45, 2.75) is 51.4 Å². The zero-order valence-corrected chi connectivity index (χ0v) is 27.8. The van der Waals surface area contributed by atoms with Gasteiger partial charge in [-0.1, -0.05) is 11.8 Å². The zero-order chi connectivity index (χ0) is 35.6. The van der Waals surface area contributed by atoms with Gasteiger partial charge in [0.05, 0.1) is 37.6 Å². The Balaban J connectivity index is 1.02. The minimum absolute atomic E-state index is 0.114. The number of aromatic hydroxyl groups is 4. The molecule has 4 N–H and O–H groups in total. The number of esters is 2. The lowest BCUT2D eigenvalue weighted by Crippen LogP contribution is -2.06. The molecule has 0 aromatic heterocycles. The summed E-state index contributed by atoms with van der Waals surface area (Å²) in [5, 5.41) is 37.9. The second-order valence-corrected chi connectivity index (χ2v) is 11.6. The molecule has 0 heterocycles. The van der Waals surface area contributed by atoms with Crippen molar-refractivity contribution < 1.29 is 49.0 Å². The van der Waals surface area contributed by atoms with Gasteiger partial charge in [0, 0.05) is 23.3 Å². The standard InChI is InChI=1S/C40H42O10/c41-33-23-31(24-34(42)27-33)39(45)49-21-7-3-1-5-19-47-37-15-11-29(12-16-37)9-10-30-13-17-38(18-14-30)48-20-6-2-4-8-22-50-40(46)32-25-35(43)28-36(44)26-32/h11-18,23-28,41-44H,1-8,19-22H2. The molecule has 10 heteroatoms. The number of carbonyl (C=O) groups is 2. The van der Waals surface area contributed by atoms with E-state index in [9.17, 15) is 30.0 Å². The van der Waals surface area contributed by atoms with E-state index in [2.05, 4.69) is 11.8 Å². The Bertz CT molecular complexity index is 1570. The Morgan fingerprint density at radius 3 is 1.10 bits per heavy atom. The van der Waals surface area contributed by atoms with Crippen LogP contribution in [0.25, 0.3) is 0 Å². The van der Waals surface area contributed by atoms with Gasteiger partial charge in [0.1, 0.15) is 34.5 Å². The fourth-order valence-corrected chi connectivity index (χ4v) is 4.83. The van der Waals surface area contributed by atoms with E-state index in [0.29, 0.717) is 26.1 Å². The van der Waals surface area contributed by atoms with Crippen LogP contribution in [0.15, 0.2) is 84.9 Å². The van der Waals surface area contributed by atoms with Gasteiger partial charge >= 0.3 is 11.9 Å². The highest BCUT2D eigenvalue weighted by atomic mass is 16.5. The van der Waals surface area contributed by atoms with Crippen LogP contribution >= 0.6 is 0 Å². The molecule has 4 aromatic carbocycles. The van der Waals surface area contributed by atoms with Crippen molar-refractivity contribution >= 4 is 11.9 Å². The summed E-state index contributed by atoms with van der Waals surface area (Å²) in [6.07, 6.45) is 6.77. The summed E-state index contributed by atoms with van der Waals surface area (Å²) >= 11 is 0. The molecule has 0 aliphatic heterocycles. The molecule has 0 saturated heterocycles. The van der Waals surface area contributed by atoms with E-state index < -0.39 is 11.9 Å². The first-order valence-electron chi connectivity index (χ1n) is 16.6. The van der Waals surface area contributed by atoms with Crippen LogP contribution in [-0.4, -0.2) is 58.8 Å². The first kappa shape index (κ1) is 37.0. The van der Waals surface area contributed by atoms with Crippen LogP contribution in [0.4, 0.5) is 0 Å². The summed E-state index contributed by atoms with van der Waals surface area (Å²) in [7, 11) is 0. The Labute approximate surface area is 291 Å². The highest BCUT2D eigenvalue weighted by Crippen LogP contribution is 2.22. The largest absolute Gasteiger partial charge is 0.508 e. The van der Waals surface area contributed by atoms with Gasteiger partial charge in [-0.3, -0.25) is 0 Å². The lowest BCUT2D eigenvalue weighted by Gasteiger charge is -2.07. The van der Waals surface area contributed by atoms with Crippen LogP contribution in [0.1, 0.15) is 83.2 Å². The molecule has 4 aromatic rings. The van der Waals surface area contributed by atoms with Crippen molar-refractivity contribution in [1.82, 2.24) is 0 Å². The van der Waals surface area contributed by atoms with Crippen LogP contribution < -0.4 is 9.47 Å². The molecule has 0 unspecified atom stereocenters. The third kappa shape index (κ3) is 13.4. The minimum atomic E-state index is -0.579. The third-order valence-corrected chi connectivity index (χ3v) is 7.42. The van der Waals surface area contributed by atoms with E-state index in [1.54, 1.807) is 0 Å². The molecule has 262 valence electrons. The Morgan fingerprint density at radius 2 is 0.760 bits per heavy atom. The zero-order valence-electron chi connectivity index (χ0n) is 27.8. The first-order valence-corrected chi connectivity index (χ1v) is 16.6. The SMILES string of the molecule is O=C(OCCCCCCOc1ccc(C#Cc2ccc(OCCCCCCOC(=O)c3cc(O)cc(O)c3)cc2)cc1)c1cc(O)cc(O)c1. The van der Waals surface area contributed by atoms with Crippen molar-refractivity contribution in [2.24, 2.45) is 0 Å². The topological polar surface area (TPSA) is 152 Å². The summed E-state index contributed by atoms with van der Waals surface area (Å²) in [5.74, 6) is 5.95. The average Bonchev–Trinajstić information content (AvgIpc) is 3.09. The van der Waals surface area contributed by atoms with E-state index in [4.69, 9.17) is 18.9 Å². The molecule has 0 radical (unpaired) electrons. The van der Waals surface area contributed by atoms with Crippen LogP contribution in [0.3, 0.4) is 0 Å². The average molecular weight is 683 g/mol. The predicted molar refractivity (Wildman–Crippen MR) is 187 cm³/mol. The van der Waals surface area contributed by atoms with Gasteiger partial charge in [-0.15, -0.1) is 0 Å². The number of carbonyl (C=O) groups excluding carboxylic acids is 2. The number of phenols is 4. The second-order valence-electron chi connectivity index (χ2n) is 11.6. The van der Waals surface area contributed by atoms with E-state index in [0.717, 1.165) is 73.3 Å². The van der Waals surface area contributed by atoms with E-state index in [-0.39, 0.29) is 47.3 Å². The highest BCUT2D eigenvalue weighted by molar-refractivity contribution is 5.91. The van der Waals surface area contributed by atoms with Crippen LogP contribution in [-0.2, 0) is 9.47 Å². The lowest BCUT2D eigenvalue weighted by atomic mass is 10.1. The summed E-state index contributed by atoms with van der Waals surface area (Å²) in [4.78, 5) is 24.0. The van der Waals surface area contributed by atoms with Crippen LogP contribution in [0, 0.1) is 11.8 Å². The Kier molecular flexibility index (Phi) is 14.7. The van der Waals surface area contributed by atoms with Crippen LogP contribution in [0.2, 0.25) is 0 Å². The summed E-state index contributed by atoms with van der Waals surface area (Å²) in [6.45, 7) is 1.69. The quantitative estimate of drug-likeness (QED) is 0.0472. The van der Waals surface area contributed by atoms with E-state index in [1.807, 2.05) is 48.5 Å². The maximum absolute atomic E-state index is 12.0. The van der Waals surface area contributed by atoms with Gasteiger partial charge < -0.3 is 39.4 Å². The molecule has 4 rings (SSSR count). The number of unbranched alkanes of at least 4 members (excludes halogenated alkanes) is 6. The predicted octanol–water partition coefficient (Wildman–Crippen LogP) is 7.50. The van der Waals surface area contributed by atoms with Gasteiger partial charge in [0.2, 0.25) is 0 Å². The number of ether oxygens (including phenoxy) is 4. The Hall–Kier alpha value is -5.82. The fraction of sp³-hybridized carbons (Fsp3) is 0.300. The highest BCUT2D eigenvalue weighted by Gasteiger charge is 2.11. The van der Waals surface area contributed by atoms with E-state index >= 15 is 0 Å². The molecule has 50 heavy (non-hydrogen) atoms. The smallest absolute Gasteiger partial charge is 0.338 e. The Morgan fingerprint density at radius 1 is 0.440 bits per heavy atom. The first-order chi connectivity index (χ1) is 24.2. The van der Waals surface area contributed by atoms with E-state index in [1.165, 1.54) is 24.3 Å². The van der Waals surface area contributed by atoms with Gasteiger partial charge in [0.25, 0.3) is 0 Å². The molecule has 0 atom stereocenters. The van der Waals surface area contributed by atoms with Crippen molar-refractivity contribution in [3.05, 3.63) is 107 Å². The number of hydrogen-bond acceptors (Lipinski definition) is 10. The second kappa shape index (κ2) is 19.9. The molecule has 0 aliphatic carbocycles. The number of rotatable bonds is 18. The van der Waals surface area contributed by atoms with Crippen molar-refractivity contribution in [1.29, 1.82) is 0 Å². The maximum atomic E-state index is 12.0. The summed E-state index contributed by atoms with van der Waals surface area (Å²) in [6, 6.07) is 22.6. The third-order valence-electron chi connectivity index (χ3n) is 7.42. The molecule has 0 fully saturated rings. The van der Waals surface area contributed by atoms with Crippen molar-refractivity contribution in [2.75, 3.05) is 26.4 Å². The summed E-state index contributed by atoms with van der Waals surface area (Å²) in [5.41, 5.74) is 1.98. The number of hydrogen-bond donors (Lipinski definition) is 4. The molecule has 0 amide bonds. The maximum Gasteiger partial charge on any atom is 0.338 e. The van der Waals surface area contributed by atoms with Gasteiger partial charge in [-0.2, -0.15) is 0 Å². The fourth-order valence-electron chi connectivity index (χ4n) is 4.83. The monoisotopic (exact) mass is 682 g/mol. The van der Waals surface area contributed by atoms with Crippen LogP contribution in [0.5, 0.6) is 34.5 Å². The molecule has 0 saturated carbocycles. The van der Waals surface area contributed by atoms with Gasteiger partial charge in [-0.25, -0.2) is 9.59 Å². The molecular formula is C40H42O10. The number of benzene rings is 4. The van der Waals surface area contributed by atoms with Gasteiger partial charge in [0.15, 0.2) is 0 Å². The molecule has 0 spiro atoms. The van der Waals surface area contributed by atoms with Gasteiger partial charge in [-0.05, 0) is 124 Å². The lowest BCUT2D eigenvalue weighted by molar-refractivity contribution is 0.0487. The molecule has 0 aliphatic rings. The molecule has 10 nitrogen and oxygen atoms in total. The normalized spacial score (nSPS) is 10.5. The summed E-state index contributed by atoms with van der Waals surface area (Å²) < 4.78 is 22.1. The molecular weight excluding hydrogens is 640 g/mol. The van der Waals surface area contributed by atoms with Crippen molar-refractivity contribution in [3.63, 3.8) is 0 Å².